The standard InChI is InChI=1S/C17H27N3O4S2/c1-17(7-8-17)18-26(23,24)12-4-5-13-14(9-12)20(16(22)19(13)2)15-6-3-11(10-21)25-15/h10-15,18H,3-9H2,1-2H3. The molecule has 5 unspecified atom stereocenters. The van der Waals surface area contributed by atoms with E-state index in [9.17, 15) is 18.0 Å². The van der Waals surface area contributed by atoms with Crippen LogP contribution in [0.15, 0.2) is 0 Å². The number of fused-ring (bicyclic) bond motifs is 1. The molecule has 0 bridgehead atoms. The monoisotopic (exact) mass is 401 g/mol. The molecule has 4 aliphatic rings. The molecule has 2 saturated heterocycles. The molecule has 0 radical (unpaired) electrons. The van der Waals surface area contributed by atoms with Crippen molar-refractivity contribution in [3.05, 3.63) is 0 Å². The molecule has 7 nitrogen and oxygen atoms in total. The third-order valence-electron chi connectivity index (χ3n) is 6.43. The number of nitrogens with one attached hydrogen (secondary N) is 1. The number of rotatable bonds is 5. The second-order valence-electron chi connectivity index (χ2n) is 8.42. The predicted octanol–water partition coefficient (Wildman–Crippen LogP) is 1.54. The van der Waals surface area contributed by atoms with E-state index in [0.29, 0.717) is 19.3 Å². The number of likely N-dealkylation sites (N-methyl/N-ethyl adjacent to an activating group) is 1. The summed E-state index contributed by atoms with van der Waals surface area (Å²) in [5.41, 5.74) is -0.268. The lowest BCUT2D eigenvalue weighted by Gasteiger charge is -2.37. The average molecular weight is 402 g/mol. The van der Waals surface area contributed by atoms with E-state index in [0.717, 1.165) is 32.0 Å². The van der Waals surface area contributed by atoms with Crippen LogP contribution in [0.25, 0.3) is 0 Å². The Bertz CT molecular complexity index is 709. The Morgan fingerprint density at radius 1 is 1.19 bits per heavy atom. The van der Waals surface area contributed by atoms with E-state index in [2.05, 4.69) is 4.72 Å². The van der Waals surface area contributed by atoms with Gasteiger partial charge in [-0.05, 0) is 51.9 Å². The lowest BCUT2D eigenvalue weighted by atomic mass is 9.90. The molecule has 0 aromatic rings. The van der Waals surface area contributed by atoms with Crippen LogP contribution in [0.3, 0.4) is 0 Å². The molecule has 2 amide bonds. The van der Waals surface area contributed by atoms with Gasteiger partial charge in [-0.3, -0.25) is 0 Å². The number of nitrogens with zero attached hydrogens (tertiary/aromatic N) is 2. The summed E-state index contributed by atoms with van der Waals surface area (Å²) in [5.74, 6) is 0. The maximum absolute atomic E-state index is 12.8. The molecule has 2 heterocycles. The average Bonchev–Trinajstić information content (AvgIpc) is 3.04. The first kappa shape index (κ1) is 18.6. The Kier molecular flexibility index (Phi) is 4.55. The number of hydrogen-bond donors (Lipinski definition) is 1. The highest BCUT2D eigenvalue weighted by molar-refractivity contribution is 8.01. The fraction of sp³-hybridized carbons (Fsp3) is 0.882. The van der Waals surface area contributed by atoms with E-state index in [-0.39, 0.29) is 34.3 Å². The molecular weight excluding hydrogens is 374 g/mol. The van der Waals surface area contributed by atoms with Gasteiger partial charge < -0.3 is 14.6 Å². The molecule has 2 saturated carbocycles. The van der Waals surface area contributed by atoms with E-state index < -0.39 is 15.3 Å². The highest BCUT2D eigenvalue weighted by Crippen LogP contribution is 2.44. The molecule has 5 atom stereocenters. The Morgan fingerprint density at radius 3 is 2.54 bits per heavy atom. The van der Waals surface area contributed by atoms with Gasteiger partial charge in [-0.2, -0.15) is 0 Å². The first-order valence-electron chi connectivity index (χ1n) is 9.43. The van der Waals surface area contributed by atoms with Gasteiger partial charge in [0.1, 0.15) is 6.29 Å². The predicted molar refractivity (Wildman–Crippen MR) is 100 cm³/mol. The van der Waals surface area contributed by atoms with Gasteiger partial charge in [-0.1, -0.05) is 0 Å². The van der Waals surface area contributed by atoms with Crippen molar-refractivity contribution in [2.45, 2.75) is 85.4 Å². The zero-order valence-corrected chi connectivity index (χ0v) is 16.9. The van der Waals surface area contributed by atoms with E-state index in [1.54, 1.807) is 16.7 Å². The molecule has 2 aliphatic carbocycles. The van der Waals surface area contributed by atoms with Gasteiger partial charge in [0.05, 0.1) is 28.0 Å². The van der Waals surface area contributed by atoms with Crippen molar-refractivity contribution in [3.63, 3.8) is 0 Å². The number of sulfonamides is 1. The van der Waals surface area contributed by atoms with Gasteiger partial charge >= 0.3 is 6.03 Å². The van der Waals surface area contributed by atoms with Gasteiger partial charge in [-0.15, -0.1) is 11.8 Å². The summed E-state index contributed by atoms with van der Waals surface area (Å²) in [6.07, 6.45) is 6.10. The van der Waals surface area contributed by atoms with Crippen LogP contribution in [0.1, 0.15) is 51.9 Å². The SMILES string of the molecule is CN1C(=O)N(C2CCC(C=O)S2)C2CC(S(=O)(=O)NC3(C)CC3)CCC21. The zero-order valence-electron chi connectivity index (χ0n) is 15.3. The summed E-state index contributed by atoms with van der Waals surface area (Å²) in [6, 6.07) is -0.0386. The van der Waals surface area contributed by atoms with E-state index >= 15 is 0 Å². The van der Waals surface area contributed by atoms with E-state index in [1.165, 1.54) is 0 Å². The maximum atomic E-state index is 12.8. The minimum Gasteiger partial charge on any atom is -0.323 e. The van der Waals surface area contributed by atoms with E-state index in [1.807, 2.05) is 18.9 Å². The number of carbonyl (C=O) groups excluding carboxylic acids is 2. The normalized spacial score (nSPS) is 39.2. The minimum atomic E-state index is -3.38. The van der Waals surface area contributed by atoms with Crippen molar-refractivity contribution < 1.29 is 18.0 Å². The van der Waals surface area contributed by atoms with Crippen LogP contribution in [0.2, 0.25) is 0 Å². The first-order valence-corrected chi connectivity index (χ1v) is 11.9. The summed E-state index contributed by atoms with van der Waals surface area (Å²) in [7, 11) is -1.57. The molecule has 0 aromatic heterocycles. The minimum absolute atomic E-state index is 0.0227. The third kappa shape index (κ3) is 3.16. The second-order valence-corrected chi connectivity index (χ2v) is 11.8. The zero-order chi connectivity index (χ0) is 18.7. The summed E-state index contributed by atoms with van der Waals surface area (Å²) >= 11 is 1.54. The molecule has 2 aliphatic heterocycles. The summed E-state index contributed by atoms with van der Waals surface area (Å²) in [6.45, 7) is 1.95. The Morgan fingerprint density at radius 2 is 1.92 bits per heavy atom. The first-order chi connectivity index (χ1) is 12.2. The molecular formula is C17H27N3O4S2. The topological polar surface area (TPSA) is 86.8 Å². The van der Waals surface area contributed by atoms with Crippen LogP contribution >= 0.6 is 11.8 Å². The molecule has 4 rings (SSSR count). The lowest BCUT2D eigenvalue weighted by Crippen LogP contribution is -2.50. The molecule has 0 spiro atoms. The Balaban J connectivity index is 1.52. The van der Waals surface area contributed by atoms with Crippen LogP contribution in [-0.2, 0) is 14.8 Å². The van der Waals surface area contributed by atoms with Crippen molar-refractivity contribution in [1.82, 2.24) is 14.5 Å². The van der Waals surface area contributed by atoms with Crippen LogP contribution in [0.5, 0.6) is 0 Å². The summed E-state index contributed by atoms with van der Waals surface area (Å²) in [4.78, 5) is 27.6. The summed E-state index contributed by atoms with van der Waals surface area (Å²) < 4.78 is 28.6. The maximum Gasteiger partial charge on any atom is 0.321 e. The number of thioether (sulfide) groups is 1. The molecule has 0 aromatic carbocycles. The number of carbonyl (C=O) groups is 2. The fourth-order valence-corrected chi connectivity index (χ4v) is 7.94. The highest BCUT2D eigenvalue weighted by Gasteiger charge is 2.53. The molecule has 4 fully saturated rings. The van der Waals surface area contributed by atoms with Crippen LogP contribution in [-0.4, -0.2) is 71.1 Å². The van der Waals surface area contributed by atoms with Crippen molar-refractivity contribution in [2.75, 3.05) is 7.05 Å². The lowest BCUT2D eigenvalue weighted by molar-refractivity contribution is -0.107. The number of hydrogen-bond acceptors (Lipinski definition) is 5. The van der Waals surface area contributed by atoms with Gasteiger partial charge in [0.2, 0.25) is 10.0 Å². The molecule has 146 valence electrons. The largest absolute Gasteiger partial charge is 0.323 e. The van der Waals surface area contributed by atoms with Crippen LogP contribution in [0.4, 0.5) is 4.79 Å². The summed E-state index contributed by atoms with van der Waals surface area (Å²) in [5, 5.41) is -0.529. The van der Waals surface area contributed by atoms with Gasteiger partial charge in [0.25, 0.3) is 0 Å². The van der Waals surface area contributed by atoms with Crippen molar-refractivity contribution in [1.29, 1.82) is 0 Å². The molecule has 9 heteroatoms. The molecule has 26 heavy (non-hydrogen) atoms. The smallest absolute Gasteiger partial charge is 0.321 e. The number of aldehydes is 1. The third-order valence-corrected chi connectivity index (χ3v) is 9.99. The number of amides is 2. The highest BCUT2D eigenvalue weighted by atomic mass is 32.2. The van der Waals surface area contributed by atoms with Gasteiger partial charge in [0, 0.05) is 12.6 Å². The van der Waals surface area contributed by atoms with Crippen LogP contribution < -0.4 is 4.72 Å². The van der Waals surface area contributed by atoms with Gasteiger partial charge in [0.15, 0.2) is 0 Å². The van der Waals surface area contributed by atoms with Crippen molar-refractivity contribution in [3.8, 4) is 0 Å². The molecule has 1 N–H and O–H groups in total. The van der Waals surface area contributed by atoms with Crippen molar-refractivity contribution in [2.24, 2.45) is 0 Å². The Hall–Kier alpha value is -0.800. The number of urea groups is 1. The van der Waals surface area contributed by atoms with Crippen LogP contribution in [0, 0.1) is 0 Å². The quantitative estimate of drug-likeness (QED) is 0.706. The van der Waals surface area contributed by atoms with Crippen molar-refractivity contribution >= 4 is 34.1 Å². The second kappa shape index (κ2) is 6.38. The Labute approximate surface area is 159 Å². The fourth-order valence-electron chi connectivity index (χ4n) is 4.59. The van der Waals surface area contributed by atoms with E-state index in [4.69, 9.17) is 0 Å². The van der Waals surface area contributed by atoms with Gasteiger partial charge in [-0.25, -0.2) is 17.9 Å².